The van der Waals surface area contributed by atoms with Gasteiger partial charge in [0, 0.05) is 0 Å². The second kappa shape index (κ2) is 5.87. The zero-order valence-electron chi connectivity index (χ0n) is 11.3. The Morgan fingerprint density at radius 3 is 2.84 bits per heavy atom. The molecule has 1 atom stereocenters. The number of methoxy groups -OCH3 is 1. The topological polar surface area (TPSA) is 52.6 Å². The molecule has 1 aromatic rings. The van der Waals surface area contributed by atoms with Gasteiger partial charge in [0.25, 0.3) is 0 Å². The Morgan fingerprint density at radius 1 is 1.37 bits per heavy atom. The van der Waals surface area contributed by atoms with E-state index >= 15 is 0 Å². The highest BCUT2D eigenvalue weighted by Gasteiger charge is 2.32. The van der Waals surface area contributed by atoms with Crippen molar-refractivity contribution < 1.29 is 19.1 Å². The van der Waals surface area contributed by atoms with E-state index in [4.69, 9.17) is 9.47 Å². The van der Waals surface area contributed by atoms with E-state index in [2.05, 4.69) is 0 Å². The lowest BCUT2D eigenvalue weighted by Crippen LogP contribution is -2.27. The molecule has 0 N–H and O–H groups in total. The van der Waals surface area contributed by atoms with Crippen LogP contribution in [0.15, 0.2) is 18.2 Å². The van der Waals surface area contributed by atoms with Crippen LogP contribution >= 0.6 is 0 Å². The van der Waals surface area contributed by atoms with Crippen LogP contribution in [-0.2, 0) is 20.7 Å². The van der Waals surface area contributed by atoms with Gasteiger partial charge in [-0.25, -0.2) is 4.79 Å². The van der Waals surface area contributed by atoms with Crippen LogP contribution in [0.4, 0.5) is 0 Å². The number of ether oxygens (including phenoxy) is 2. The lowest BCUT2D eigenvalue weighted by Gasteiger charge is -2.25. The molecule has 0 saturated heterocycles. The molecule has 0 aromatic heterocycles. The van der Waals surface area contributed by atoms with Crippen LogP contribution in [0.2, 0.25) is 0 Å². The van der Waals surface area contributed by atoms with Crippen molar-refractivity contribution in [3.8, 4) is 5.75 Å². The van der Waals surface area contributed by atoms with Crippen molar-refractivity contribution in [2.24, 2.45) is 0 Å². The maximum atomic E-state index is 12.1. The number of rotatable bonds is 4. The molecule has 0 spiro atoms. The van der Waals surface area contributed by atoms with Gasteiger partial charge in [-0.1, -0.05) is 12.1 Å². The van der Waals surface area contributed by atoms with Gasteiger partial charge in [0.05, 0.1) is 19.6 Å². The molecular weight excluding hydrogens is 244 g/mol. The van der Waals surface area contributed by atoms with E-state index in [0.29, 0.717) is 6.42 Å². The van der Waals surface area contributed by atoms with E-state index < -0.39 is 17.7 Å². The van der Waals surface area contributed by atoms with E-state index in [-0.39, 0.29) is 6.61 Å². The fraction of sp³-hybridized carbons (Fsp3) is 0.467. The van der Waals surface area contributed by atoms with Gasteiger partial charge in [0.2, 0.25) is 5.78 Å². The summed E-state index contributed by atoms with van der Waals surface area (Å²) in [4.78, 5) is 23.7. The van der Waals surface area contributed by atoms with Crippen molar-refractivity contribution in [2.45, 2.75) is 32.1 Å². The van der Waals surface area contributed by atoms with Crippen molar-refractivity contribution in [3.63, 3.8) is 0 Å². The summed E-state index contributed by atoms with van der Waals surface area (Å²) in [6.07, 6.45) is 2.45. The van der Waals surface area contributed by atoms with Crippen LogP contribution in [0.1, 0.15) is 36.8 Å². The van der Waals surface area contributed by atoms with Gasteiger partial charge in [0.15, 0.2) is 0 Å². The van der Waals surface area contributed by atoms with Crippen molar-refractivity contribution >= 4 is 11.8 Å². The summed E-state index contributed by atoms with van der Waals surface area (Å²) >= 11 is 0. The number of carbonyl (C=O) groups excluding carboxylic acids is 2. The molecule has 1 aliphatic carbocycles. The van der Waals surface area contributed by atoms with Crippen LogP contribution in [0.5, 0.6) is 5.75 Å². The van der Waals surface area contributed by atoms with Crippen molar-refractivity contribution in [3.05, 3.63) is 29.3 Å². The number of benzene rings is 1. The SMILES string of the molecule is CCOC(=O)C(=O)C1CCCc2c(OC)cccc21. The zero-order valence-corrected chi connectivity index (χ0v) is 11.3. The number of fused-ring (bicyclic) bond motifs is 1. The molecule has 102 valence electrons. The minimum atomic E-state index is -0.733. The van der Waals surface area contributed by atoms with Crippen molar-refractivity contribution in [2.75, 3.05) is 13.7 Å². The maximum Gasteiger partial charge on any atom is 0.375 e. The highest BCUT2D eigenvalue weighted by molar-refractivity contribution is 6.35. The van der Waals surface area contributed by atoms with Gasteiger partial charge in [-0.15, -0.1) is 0 Å². The van der Waals surface area contributed by atoms with Crippen LogP contribution in [0, 0.1) is 0 Å². The Bertz CT molecular complexity index is 493. The third-order valence-electron chi connectivity index (χ3n) is 3.48. The first kappa shape index (κ1) is 13.6. The van der Waals surface area contributed by atoms with E-state index in [1.807, 2.05) is 18.2 Å². The Balaban J connectivity index is 2.32. The van der Waals surface area contributed by atoms with Gasteiger partial charge in [-0.05, 0) is 43.4 Å². The van der Waals surface area contributed by atoms with E-state index in [1.165, 1.54) is 0 Å². The number of carbonyl (C=O) groups is 2. The highest BCUT2D eigenvalue weighted by Crippen LogP contribution is 2.37. The van der Waals surface area contributed by atoms with Crippen molar-refractivity contribution in [1.82, 2.24) is 0 Å². The van der Waals surface area contributed by atoms with E-state index in [9.17, 15) is 9.59 Å². The summed E-state index contributed by atoms with van der Waals surface area (Å²) in [5, 5.41) is 0. The molecule has 1 unspecified atom stereocenters. The lowest BCUT2D eigenvalue weighted by molar-refractivity contribution is -0.154. The molecule has 2 rings (SSSR count). The highest BCUT2D eigenvalue weighted by atomic mass is 16.5. The quantitative estimate of drug-likeness (QED) is 0.617. The molecule has 1 aromatic carbocycles. The maximum absolute atomic E-state index is 12.1. The van der Waals surface area contributed by atoms with Gasteiger partial charge >= 0.3 is 5.97 Å². The molecule has 0 radical (unpaired) electrons. The van der Waals surface area contributed by atoms with Crippen molar-refractivity contribution in [1.29, 1.82) is 0 Å². The standard InChI is InChI=1S/C15H18O4/c1-3-19-15(17)14(16)12-8-4-7-11-10(12)6-5-9-13(11)18-2/h5-6,9,12H,3-4,7-8H2,1-2H3. The van der Waals surface area contributed by atoms with Gasteiger partial charge in [-0.3, -0.25) is 4.79 Å². The second-order valence-electron chi connectivity index (χ2n) is 4.56. The molecule has 0 bridgehead atoms. The lowest BCUT2D eigenvalue weighted by atomic mass is 9.80. The molecular formula is C15H18O4. The summed E-state index contributed by atoms with van der Waals surface area (Å²) in [6.45, 7) is 1.92. The average molecular weight is 262 g/mol. The summed E-state index contributed by atoms with van der Waals surface area (Å²) < 4.78 is 10.1. The average Bonchev–Trinajstić information content (AvgIpc) is 2.45. The molecule has 0 heterocycles. The third-order valence-corrected chi connectivity index (χ3v) is 3.48. The summed E-state index contributed by atoms with van der Waals surface area (Å²) in [5.74, 6) is -0.781. The van der Waals surface area contributed by atoms with E-state index in [0.717, 1.165) is 29.7 Å². The molecule has 19 heavy (non-hydrogen) atoms. The molecule has 1 aliphatic rings. The zero-order chi connectivity index (χ0) is 13.8. The minimum absolute atomic E-state index is 0.224. The Labute approximate surface area is 112 Å². The first-order valence-corrected chi connectivity index (χ1v) is 6.55. The predicted octanol–water partition coefficient (Wildman–Crippen LogP) is 2.25. The largest absolute Gasteiger partial charge is 0.496 e. The number of ketones is 1. The summed E-state index contributed by atoms with van der Waals surface area (Å²) in [5.41, 5.74) is 1.95. The van der Waals surface area contributed by atoms with Gasteiger partial charge < -0.3 is 9.47 Å². The second-order valence-corrected chi connectivity index (χ2v) is 4.56. The normalized spacial score (nSPS) is 17.5. The minimum Gasteiger partial charge on any atom is -0.496 e. The molecule has 4 nitrogen and oxygen atoms in total. The predicted molar refractivity (Wildman–Crippen MR) is 70.3 cm³/mol. The Kier molecular flexibility index (Phi) is 4.20. The number of Topliss-reactive ketones (excluding diaryl/α,β-unsaturated/α-hetero) is 1. The monoisotopic (exact) mass is 262 g/mol. The third kappa shape index (κ3) is 2.62. The molecule has 0 aliphatic heterocycles. The van der Waals surface area contributed by atoms with E-state index in [1.54, 1.807) is 14.0 Å². The molecule has 4 heteroatoms. The fourth-order valence-corrected chi connectivity index (χ4v) is 2.62. The van der Waals surface area contributed by atoms with Gasteiger partial charge in [-0.2, -0.15) is 0 Å². The van der Waals surface area contributed by atoms with Crippen LogP contribution in [0.25, 0.3) is 0 Å². The summed E-state index contributed by atoms with van der Waals surface area (Å²) in [7, 11) is 1.62. The first-order chi connectivity index (χ1) is 9.19. The molecule has 0 saturated carbocycles. The Morgan fingerprint density at radius 2 is 2.16 bits per heavy atom. The van der Waals surface area contributed by atoms with Gasteiger partial charge in [0.1, 0.15) is 5.75 Å². The Hall–Kier alpha value is -1.84. The molecule has 0 fully saturated rings. The first-order valence-electron chi connectivity index (χ1n) is 6.55. The smallest absolute Gasteiger partial charge is 0.375 e. The van der Waals surface area contributed by atoms with Crippen LogP contribution in [0.3, 0.4) is 0 Å². The number of hydrogen-bond acceptors (Lipinski definition) is 4. The fourth-order valence-electron chi connectivity index (χ4n) is 2.62. The number of esters is 1. The van der Waals surface area contributed by atoms with Crippen LogP contribution < -0.4 is 4.74 Å². The summed E-state index contributed by atoms with van der Waals surface area (Å²) in [6, 6.07) is 5.64. The van der Waals surface area contributed by atoms with Crippen LogP contribution in [-0.4, -0.2) is 25.5 Å². The number of hydrogen-bond donors (Lipinski definition) is 0. The molecule has 0 amide bonds.